The number of para-hydroxylation sites is 1. The molecule has 34 heavy (non-hydrogen) atoms. The minimum absolute atomic E-state index is 0.271. The van der Waals surface area contributed by atoms with Crippen LogP contribution in [0.1, 0.15) is 37.7 Å². The van der Waals surface area contributed by atoms with Crippen LogP contribution in [0.3, 0.4) is 0 Å². The number of aryl methyl sites for hydroxylation is 1. The maximum atomic E-state index is 12.2. The Hall–Kier alpha value is -2.87. The van der Waals surface area contributed by atoms with Crippen molar-refractivity contribution in [3.05, 3.63) is 77.3 Å². The van der Waals surface area contributed by atoms with Crippen molar-refractivity contribution in [1.29, 1.82) is 0 Å². The van der Waals surface area contributed by atoms with Crippen molar-refractivity contribution in [3.63, 3.8) is 0 Å². The molecule has 4 rings (SSSR count). The van der Waals surface area contributed by atoms with Crippen molar-refractivity contribution < 1.29 is 23.1 Å². The number of unbranched alkanes of at least 4 members (excludes halogenated alkanes) is 3. The molecule has 1 heterocycles. The van der Waals surface area contributed by atoms with Gasteiger partial charge in [0.25, 0.3) is 11.3 Å². The molecule has 6 nitrogen and oxygen atoms in total. The van der Waals surface area contributed by atoms with Crippen LogP contribution in [0.4, 0.5) is 5.69 Å². The van der Waals surface area contributed by atoms with E-state index in [2.05, 4.69) is 0 Å². The van der Waals surface area contributed by atoms with Crippen LogP contribution in [-0.4, -0.2) is 25.9 Å². The molecule has 0 fully saturated rings. The number of furan rings is 1. The standard InChI is InChI=1S/C26H26ClNO5S/c27-19-13-11-18(12-14-19)7-3-1-2-4-9-23(26(29)30)28(34(31)32)20-15-16-25-22(17-20)21-8-5-6-10-24(21)33-25/h5-6,8,10-17,23H,1-4,7,9H2,(H,29,30)(H,31,32). The lowest BCUT2D eigenvalue weighted by Gasteiger charge is -2.27. The second kappa shape index (κ2) is 11.0. The summed E-state index contributed by atoms with van der Waals surface area (Å²) in [6.07, 6.45) is 4.62. The third kappa shape index (κ3) is 5.60. The van der Waals surface area contributed by atoms with Gasteiger partial charge in [0, 0.05) is 15.8 Å². The van der Waals surface area contributed by atoms with Gasteiger partial charge < -0.3 is 9.52 Å². The molecule has 4 aromatic rings. The molecule has 178 valence electrons. The van der Waals surface area contributed by atoms with Gasteiger partial charge in [0.1, 0.15) is 17.2 Å². The Kier molecular flexibility index (Phi) is 7.88. The van der Waals surface area contributed by atoms with E-state index in [4.69, 9.17) is 16.0 Å². The third-order valence-corrected chi connectivity index (χ3v) is 7.01. The lowest BCUT2D eigenvalue weighted by Crippen LogP contribution is -2.42. The second-order valence-electron chi connectivity index (χ2n) is 8.27. The summed E-state index contributed by atoms with van der Waals surface area (Å²) < 4.78 is 29.1. The van der Waals surface area contributed by atoms with Crippen molar-refractivity contribution in [3.8, 4) is 0 Å². The van der Waals surface area contributed by atoms with Crippen LogP contribution in [0.15, 0.2) is 71.1 Å². The molecule has 0 saturated heterocycles. The number of hydrogen-bond acceptors (Lipinski definition) is 3. The summed E-state index contributed by atoms with van der Waals surface area (Å²) in [5.41, 5.74) is 2.94. The minimum atomic E-state index is -2.49. The fraction of sp³-hybridized carbons (Fsp3) is 0.269. The van der Waals surface area contributed by atoms with E-state index in [1.54, 1.807) is 18.2 Å². The van der Waals surface area contributed by atoms with E-state index in [-0.39, 0.29) is 6.42 Å². The number of carboxylic acids is 1. The number of fused-ring (bicyclic) bond motifs is 3. The van der Waals surface area contributed by atoms with E-state index in [1.165, 1.54) is 5.56 Å². The molecule has 1 aromatic heterocycles. The second-order valence-corrected chi connectivity index (χ2v) is 9.56. The van der Waals surface area contributed by atoms with Gasteiger partial charge in [-0.2, -0.15) is 0 Å². The van der Waals surface area contributed by atoms with Crippen LogP contribution < -0.4 is 4.31 Å². The molecule has 2 N–H and O–H groups in total. The number of nitrogens with zero attached hydrogens (tertiary/aromatic N) is 1. The zero-order valence-electron chi connectivity index (χ0n) is 18.5. The van der Waals surface area contributed by atoms with Gasteiger partial charge in [-0.25, -0.2) is 9.00 Å². The predicted molar refractivity (Wildman–Crippen MR) is 137 cm³/mol. The highest BCUT2D eigenvalue weighted by Crippen LogP contribution is 2.33. The maximum absolute atomic E-state index is 12.2. The van der Waals surface area contributed by atoms with Crippen LogP contribution >= 0.6 is 11.6 Å². The molecular formula is C26H26ClNO5S. The first-order chi connectivity index (χ1) is 16.4. The van der Waals surface area contributed by atoms with Gasteiger partial charge in [0.2, 0.25) is 0 Å². The molecule has 2 unspecified atom stereocenters. The Morgan fingerprint density at radius 3 is 2.38 bits per heavy atom. The SMILES string of the molecule is O=C(O)C(CCCCCCc1ccc(Cl)cc1)N(c1ccc2oc3ccccc3c2c1)S(=O)O. The summed E-state index contributed by atoms with van der Waals surface area (Å²) in [7, 11) is 0. The number of carbonyl (C=O) groups is 1. The van der Waals surface area contributed by atoms with E-state index < -0.39 is 23.3 Å². The number of halogens is 1. The average molecular weight is 500 g/mol. The summed E-state index contributed by atoms with van der Waals surface area (Å²) in [6, 6.07) is 19.2. The number of benzene rings is 3. The summed E-state index contributed by atoms with van der Waals surface area (Å²) in [5, 5.41) is 12.2. The smallest absolute Gasteiger partial charge is 0.327 e. The van der Waals surface area contributed by atoms with Crippen molar-refractivity contribution in [2.45, 2.75) is 44.6 Å². The Labute approximate surface area is 205 Å². The van der Waals surface area contributed by atoms with Crippen LogP contribution in [0.2, 0.25) is 5.02 Å². The molecular weight excluding hydrogens is 474 g/mol. The summed E-state index contributed by atoms with van der Waals surface area (Å²) in [4.78, 5) is 12.1. The highest BCUT2D eigenvalue weighted by Gasteiger charge is 2.30. The van der Waals surface area contributed by atoms with Crippen LogP contribution in [0.5, 0.6) is 0 Å². The normalized spacial score (nSPS) is 13.2. The van der Waals surface area contributed by atoms with Gasteiger partial charge in [-0.1, -0.05) is 61.2 Å². The molecule has 0 saturated carbocycles. The van der Waals surface area contributed by atoms with E-state index in [0.29, 0.717) is 23.3 Å². The van der Waals surface area contributed by atoms with Crippen LogP contribution in [-0.2, 0) is 22.5 Å². The first-order valence-electron chi connectivity index (χ1n) is 11.2. The lowest BCUT2D eigenvalue weighted by atomic mass is 10.0. The summed E-state index contributed by atoms with van der Waals surface area (Å²) in [6.45, 7) is 0. The first-order valence-corrected chi connectivity index (χ1v) is 12.7. The Balaban J connectivity index is 1.42. The average Bonchev–Trinajstić information content (AvgIpc) is 3.19. The number of anilines is 1. The maximum Gasteiger partial charge on any atom is 0.327 e. The lowest BCUT2D eigenvalue weighted by molar-refractivity contribution is -0.138. The van der Waals surface area contributed by atoms with Crippen LogP contribution in [0, 0.1) is 0 Å². The van der Waals surface area contributed by atoms with Crippen LogP contribution in [0.25, 0.3) is 21.9 Å². The fourth-order valence-electron chi connectivity index (χ4n) is 4.24. The van der Waals surface area contributed by atoms with Crippen molar-refractivity contribution >= 4 is 56.5 Å². The highest BCUT2D eigenvalue weighted by molar-refractivity contribution is 7.80. The van der Waals surface area contributed by atoms with Gasteiger partial charge in [0.15, 0.2) is 0 Å². The highest BCUT2D eigenvalue weighted by atomic mass is 35.5. The van der Waals surface area contributed by atoms with E-state index >= 15 is 0 Å². The van der Waals surface area contributed by atoms with Crippen molar-refractivity contribution in [1.82, 2.24) is 0 Å². The fourth-order valence-corrected chi connectivity index (χ4v) is 5.08. The Bertz CT molecular complexity index is 1300. The molecule has 0 aliphatic carbocycles. The number of rotatable bonds is 11. The third-order valence-electron chi connectivity index (χ3n) is 5.96. The van der Waals surface area contributed by atoms with Gasteiger partial charge >= 0.3 is 5.97 Å². The number of aliphatic carboxylic acids is 1. The van der Waals surface area contributed by atoms with Gasteiger partial charge in [-0.15, -0.1) is 0 Å². The zero-order chi connectivity index (χ0) is 24.1. The molecule has 0 spiro atoms. The molecule has 0 aliphatic rings. The topological polar surface area (TPSA) is 91.0 Å². The molecule has 2 atom stereocenters. The summed E-state index contributed by atoms with van der Waals surface area (Å²) >= 11 is 3.42. The quantitative estimate of drug-likeness (QED) is 0.174. The van der Waals surface area contributed by atoms with Gasteiger partial charge in [-0.3, -0.25) is 8.86 Å². The molecule has 3 aromatic carbocycles. The molecule has 8 heteroatoms. The number of hydrogen-bond donors (Lipinski definition) is 2. The Morgan fingerprint density at radius 1 is 0.941 bits per heavy atom. The van der Waals surface area contributed by atoms with Gasteiger partial charge in [-0.05, 0) is 61.2 Å². The number of carboxylic acid groups (broad SMARTS) is 1. The van der Waals surface area contributed by atoms with Gasteiger partial charge in [0.05, 0.1) is 5.69 Å². The minimum Gasteiger partial charge on any atom is -0.480 e. The molecule has 0 amide bonds. The van der Waals surface area contributed by atoms with Crippen molar-refractivity contribution in [2.75, 3.05) is 4.31 Å². The van der Waals surface area contributed by atoms with Crippen molar-refractivity contribution in [2.24, 2.45) is 0 Å². The molecule has 0 radical (unpaired) electrons. The Morgan fingerprint density at radius 2 is 1.65 bits per heavy atom. The van der Waals surface area contributed by atoms with E-state index in [9.17, 15) is 18.7 Å². The molecule has 0 bridgehead atoms. The monoisotopic (exact) mass is 499 g/mol. The summed E-state index contributed by atoms with van der Waals surface area (Å²) in [5.74, 6) is -1.12. The molecule has 0 aliphatic heterocycles. The predicted octanol–water partition coefficient (Wildman–Crippen LogP) is 6.83. The van der Waals surface area contributed by atoms with E-state index in [0.717, 1.165) is 45.8 Å². The van der Waals surface area contributed by atoms with E-state index in [1.807, 2.05) is 48.5 Å². The largest absolute Gasteiger partial charge is 0.480 e. The zero-order valence-corrected chi connectivity index (χ0v) is 20.1. The first kappa shape index (κ1) is 24.3.